The summed E-state index contributed by atoms with van der Waals surface area (Å²) in [5, 5.41) is 5.26. The van der Waals surface area contributed by atoms with Crippen LogP contribution in [0.1, 0.15) is 0 Å². The fourth-order valence-electron chi connectivity index (χ4n) is 5.18. The van der Waals surface area contributed by atoms with Gasteiger partial charge in [-0.1, -0.05) is 97.1 Å². The first-order valence-corrected chi connectivity index (χ1v) is 13.0. The summed E-state index contributed by atoms with van der Waals surface area (Å²) in [7, 11) is 0. The predicted molar refractivity (Wildman–Crippen MR) is 157 cm³/mol. The molecule has 0 saturated heterocycles. The molecule has 0 N–H and O–H groups in total. The number of fused-ring (bicyclic) bond motifs is 5. The highest BCUT2D eigenvalue weighted by Gasteiger charge is 2.16. The third kappa shape index (κ3) is 3.46. The molecule has 0 spiro atoms. The normalized spacial score (nSPS) is 11.3. The van der Waals surface area contributed by atoms with E-state index in [9.17, 15) is 0 Å². The lowest BCUT2D eigenvalue weighted by Crippen LogP contribution is -2.09. The molecule has 7 aromatic rings. The summed E-state index contributed by atoms with van der Waals surface area (Å²) >= 11 is 1.89. The molecule has 1 aromatic heterocycles. The molecule has 0 aliphatic rings. The van der Waals surface area contributed by atoms with Crippen LogP contribution in [-0.4, -0.2) is 0 Å². The lowest BCUT2D eigenvalue weighted by atomic mass is 9.95. The van der Waals surface area contributed by atoms with Crippen LogP contribution in [0.2, 0.25) is 0 Å². The van der Waals surface area contributed by atoms with Crippen molar-refractivity contribution < 1.29 is 0 Å². The van der Waals surface area contributed by atoms with Gasteiger partial charge in [0.1, 0.15) is 0 Å². The molecule has 170 valence electrons. The van der Waals surface area contributed by atoms with Gasteiger partial charge in [-0.05, 0) is 59.0 Å². The predicted octanol–water partition coefficient (Wildman–Crippen LogP) is 10.3. The molecule has 2 heteroatoms. The maximum absolute atomic E-state index is 2.39. The van der Waals surface area contributed by atoms with E-state index in [4.69, 9.17) is 0 Å². The van der Waals surface area contributed by atoms with Gasteiger partial charge in [0.05, 0.1) is 0 Å². The zero-order chi connectivity index (χ0) is 23.9. The van der Waals surface area contributed by atoms with Gasteiger partial charge in [0.25, 0.3) is 0 Å². The maximum atomic E-state index is 2.39. The Balaban J connectivity index is 1.48. The topological polar surface area (TPSA) is 3.24 Å². The number of thiophene rings is 1. The second kappa shape index (κ2) is 8.67. The van der Waals surface area contributed by atoms with E-state index in [1.807, 2.05) is 11.3 Å². The molecule has 0 fully saturated rings. The number of benzene rings is 6. The minimum Gasteiger partial charge on any atom is -0.310 e. The molecule has 36 heavy (non-hydrogen) atoms. The van der Waals surface area contributed by atoms with Crippen molar-refractivity contribution in [3.05, 3.63) is 140 Å². The lowest BCUT2D eigenvalue weighted by Gasteiger charge is -2.25. The summed E-state index contributed by atoms with van der Waals surface area (Å²) in [5.41, 5.74) is 6.02. The van der Waals surface area contributed by atoms with E-state index < -0.39 is 0 Å². The van der Waals surface area contributed by atoms with Gasteiger partial charge >= 0.3 is 0 Å². The van der Waals surface area contributed by atoms with Crippen LogP contribution in [0.3, 0.4) is 0 Å². The van der Waals surface area contributed by atoms with Gasteiger partial charge in [0.15, 0.2) is 0 Å². The van der Waals surface area contributed by atoms with Crippen LogP contribution < -0.4 is 4.90 Å². The van der Waals surface area contributed by atoms with Crippen molar-refractivity contribution in [3.8, 4) is 11.1 Å². The molecular weight excluding hydrogens is 454 g/mol. The van der Waals surface area contributed by atoms with Crippen LogP contribution in [0.4, 0.5) is 17.1 Å². The number of rotatable bonds is 4. The molecule has 0 atom stereocenters. The quantitative estimate of drug-likeness (QED) is 0.244. The molecule has 0 radical (unpaired) electrons. The van der Waals surface area contributed by atoms with Crippen LogP contribution in [0.5, 0.6) is 0 Å². The first kappa shape index (κ1) is 20.9. The van der Waals surface area contributed by atoms with Crippen LogP contribution in [0, 0.1) is 0 Å². The fourth-order valence-corrected chi connectivity index (χ4v) is 6.44. The molecule has 6 aromatic carbocycles. The third-order valence-corrected chi connectivity index (χ3v) is 8.04. The van der Waals surface area contributed by atoms with Crippen molar-refractivity contribution in [2.75, 3.05) is 4.90 Å². The van der Waals surface area contributed by atoms with Crippen molar-refractivity contribution in [2.45, 2.75) is 0 Å². The summed E-state index contributed by atoms with van der Waals surface area (Å²) in [4.78, 5) is 2.33. The number of nitrogens with zero attached hydrogens (tertiary/aromatic N) is 1. The van der Waals surface area contributed by atoms with E-state index in [1.165, 1.54) is 47.8 Å². The van der Waals surface area contributed by atoms with E-state index in [0.29, 0.717) is 0 Å². The Bertz CT molecular complexity index is 1780. The molecule has 7 rings (SSSR count). The Morgan fingerprint density at radius 3 is 1.67 bits per heavy atom. The minimum absolute atomic E-state index is 1.15. The average molecular weight is 478 g/mol. The Hall–Kier alpha value is -4.40. The van der Waals surface area contributed by atoms with Gasteiger partial charge < -0.3 is 4.90 Å². The van der Waals surface area contributed by atoms with Gasteiger partial charge in [-0.25, -0.2) is 0 Å². The number of hydrogen-bond acceptors (Lipinski definition) is 2. The van der Waals surface area contributed by atoms with Gasteiger partial charge in [-0.2, -0.15) is 0 Å². The van der Waals surface area contributed by atoms with Gasteiger partial charge in [0.2, 0.25) is 0 Å². The Kier molecular flexibility index (Phi) is 5.04. The highest BCUT2D eigenvalue weighted by molar-refractivity contribution is 7.26. The average Bonchev–Trinajstić information content (AvgIpc) is 3.32. The maximum Gasteiger partial charge on any atom is 0.0476 e. The van der Waals surface area contributed by atoms with E-state index in [-0.39, 0.29) is 0 Å². The van der Waals surface area contributed by atoms with Crippen LogP contribution in [-0.2, 0) is 0 Å². The summed E-state index contributed by atoms with van der Waals surface area (Å²) in [5.74, 6) is 0. The summed E-state index contributed by atoms with van der Waals surface area (Å²) in [6.45, 7) is 0. The van der Waals surface area contributed by atoms with Crippen LogP contribution in [0.15, 0.2) is 140 Å². The Morgan fingerprint density at radius 2 is 1.00 bits per heavy atom. The standard InChI is InChI=1S/C34H23NS/c1-4-12-24(13-5-1)31-23-32-29-21-20-27(22-33(29)36-34(32)30-19-11-10-18-28(30)31)35(25-14-6-2-7-15-25)26-16-8-3-9-17-26/h1-23H. The smallest absolute Gasteiger partial charge is 0.0476 e. The number of para-hydroxylation sites is 2. The highest BCUT2D eigenvalue weighted by atomic mass is 32.1. The lowest BCUT2D eigenvalue weighted by molar-refractivity contribution is 1.29. The molecule has 0 saturated carbocycles. The zero-order valence-electron chi connectivity index (χ0n) is 19.6. The molecular formula is C34H23NS. The molecule has 1 heterocycles. The molecule has 1 nitrogen and oxygen atoms in total. The Morgan fingerprint density at radius 1 is 0.417 bits per heavy atom. The van der Waals surface area contributed by atoms with E-state index in [1.54, 1.807) is 0 Å². The first-order valence-electron chi connectivity index (χ1n) is 12.2. The van der Waals surface area contributed by atoms with E-state index in [0.717, 1.165) is 11.4 Å². The van der Waals surface area contributed by atoms with Gasteiger partial charge in [-0.15, -0.1) is 11.3 Å². The molecule has 0 aliphatic carbocycles. The van der Waals surface area contributed by atoms with Crippen molar-refractivity contribution in [2.24, 2.45) is 0 Å². The van der Waals surface area contributed by atoms with Crippen molar-refractivity contribution in [1.82, 2.24) is 0 Å². The summed E-state index contributed by atoms with van der Waals surface area (Å²) < 4.78 is 2.65. The second-order valence-electron chi connectivity index (χ2n) is 9.00. The van der Waals surface area contributed by atoms with Crippen molar-refractivity contribution in [1.29, 1.82) is 0 Å². The molecule has 0 unspecified atom stereocenters. The van der Waals surface area contributed by atoms with Crippen molar-refractivity contribution >= 4 is 59.3 Å². The Labute approximate surface area is 214 Å². The molecule has 0 amide bonds. The second-order valence-corrected chi connectivity index (χ2v) is 10.1. The monoisotopic (exact) mass is 477 g/mol. The minimum atomic E-state index is 1.15. The van der Waals surface area contributed by atoms with Gasteiger partial charge in [0, 0.05) is 42.6 Å². The first-order chi connectivity index (χ1) is 17.9. The SMILES string of the molecule is c1ccc(-c2cc3c4ccc(N(c5ccccc5)c5ccccc5)cc4sc3c3ccccc23)cc1. The van der Waals surface area contributed by atoms with E-state index >= 15 is 0 Å². The zero-order valence-corrected chi connectivity index (χ0v) is 20.5. The largest absolute Gasteiger partial charge is 0.310 e. The number of hydrogen-bond donors (Lipinski definition) is 0. The van der Waals surface area contributed by atoms with Crippen LogP contribution >= 0.6 is 11.3 Å². The van der Waals surface area contributed by atoms with E-state index in [2.05, 4.69) is 144 Å². The number of anilines is 3. The molecule has 0 bridgehead atoms. The fraction of sp³-hybridized carbons (Fsp3) is 0. The third-order valence-electron chi connectivity index (χ3n) is 6.83. The van der Waals surface area contributed by atoms with Crippen molar-refractivity contribution in [3.63, 3.8) is 0 Å². The van der Waals surface area contributed by atoms with Gasteiger partial charge in [-0.3, -0.25) is 0 Å². The summed E-state index contributed by atoms with van der Waals surface area (Å²) in [6, 6.07) is 50.0. The molecule has 0 aliphatic heterocycles. The summed E-state index contributed by atoms with van der Waals surface area (Å²) in [6.07, 6.45) is 0. The highest BCUT2D eigenvalue weighted by Crippen LogP contribution is 2.44. The van der Waals surface area contributed by atoms with Crippen LogP contribution in [0.25, 0.3) is 42.1 Å².